The van der Waals surface area contributed by atoms with Crippen LogP contribution >= 0.6 is 24.0 Å². The fourth-order valence-corrected chi connectivity index (χ4v) is 3.16. The van der Waals surface area contributed by atoms with Crippen molar-refractivity contribution < 1.29 is 19.1 Å². The fraction of sp³-hybridized carbons (Fsp3) is 0.556. The number of nitrogens with one attached hydrogen (secondary N) is 1. The van der Waals surface area contributed by atoms with E-state index in [0.717, 1.165) is 6.42 Å². The number of methoxy groups -OCH3 is 2. The Morgan fingerprint density at radius 1 is 1.30 bits per heavy atom. The van der Waals surface area contributed by atoms with Crippen LogP contribution in [0.15, 0.2) is 12.1 Å². The van der Waals surface area contributed by atoms with E-state index in [1.54, 1.807) is 18.1 Å². The van der Waals surface area contributed by atoms with Gasteiger partial charge >= 0.3 is 0 Å². The van der Waals surface area contributed by atoms with Gasteiger partial charge in [-0.25, -0.2) is 0 Å². The maximum Gasteiger partial charge on any atom is 0.257 e. The lowest BCUT2D eigenvalue weighted by Gasteiger charge is -2.31. The first kappa shape index (κ1) is 23.3. The second-order valence-corrected chi connectivity index (χ2v) is 6.69. The van der Waals surface area contributed by atoms with E-state index >= 15 is 0 Å². The molecule has 0 saturated carbocycles. The Hall–Kier alpha value is -1.70. The van der Waals surface area contributed by atoms with Crippen LogP contribution in [0.1, 0.15) is 29.6 Å². The number of likely N-dealkylation sites (tertiary alicyclic amines) is 1. The molecule has 9 heteroatoms. The van der Waals surface area contributed by atoms with E-state index in [1.807, 2.05) is 0 Å². The van der Waals surface area contributed by atoms with Gasteiger partial charge in [0.1, 0.15) is 5.75 Å². The van der Waals surface area contributed by atoms with Crippen molar-refractivity contribution in [3.63, 3.8) is 0 Å². The number of rotatable bonds is 7. The first-order chi connectivity index (χ1) is 12.5. The Labute approximate surface area is 170 Å². The third-order valence-corrected chi connectivity index (χ3v) is 4.85. The van der Waals surface area contributed by atoms with Crippen molar-refractivity contribution >= 4 is 41.5 Å². The van der Waals surface area contributed by atoms with Crippen LogP contribution in [0.2, 0.25) is 5.02 Å². The van der Waals surface area contributed by atoms with Crippen molar-refractivity contribution in [3.05, 3.63) is 22.7 Å². The zero-order valence-corrected chi connectivity index (χ0v) is 17.2. The molecule has 1 heterocycles. The fourth-order valence-electron chi connectivity index (χ4n) is 2.99. The molecule has 0 aliphatic carbocycles. The molecule has 1 fully saturated rings. The first-order valence-electron chi connectivity index (χ1n) is 8.66. The third-order valence-electron chi connectivity index (χ3n) is 4.53. The van der Waals surface area contributed by atoms with Crippen molar-refractivity contribution in [2.24, 2.45) is 5.92 Å². The largest absolute Gasteiger partial charge is 0.496 e. The van der Waals surface area contributed by atoms with Gasteiger partial charge in [-0.05, 0) is 25.3 Å². The lowest BCUT2D eigenvalue weighted by molar-refractivity contribution is -0.126. The minimum atomic E-state index is -0.164. The molecule has 27 heavy (non-hydrogen) atoms. The zero-order chi connectivity index (χ0) is 19.1. The highest BCUT2D eigenvalue weighted by Gasteiger charge is 2.29. The number of hydrogen-bond donors (Lipinski definition) is 2. The summed E-state index contributed by atoms with van der Waals surface area (Å²) in [5.41, 5.74) is 6.51. The normalized spacial score (nSPS) is 14.4. The Morgan fingerprint density at radius 3 is 2.56 bits per heavy atom. The predicted octanol–water partition coefficient (Wildman–Crippen LogP) is 2.36. The molecule has 0 aromatic heterocycles. The van der Waals surface area contributed by atoms with E-state index in [1.165, 1.54) is 13.2 Å². The molecule has 0 bridgehead atoms. The van der Waals surface area contributed by atoms with Crippen LogP contribution in [0.5, 0.6) is 5.75 Å². The molecule has 2 rings (SSSR count). The van der Waals surface area contributed by atoms with Gasteiger partial charge in [-0.15, -0.1) is 12.4 Å². The first-order valence-corrected chi connectivity index (χ1v) is 9.04. The molecule has 1 aliphatic rings. The summed E-state index contributed by atoms with van der Waals surface area (Å²) >= 11 is 6.05. The van der Waals surface area contributed by atoms with Crippen LogP contribution in [0.3, 0.4) is 0 Å². The lowest BCUT2D eigenvalue weighted by atomic mass is 9.95. The number of anilines is 1. The molecule has 0 radical (unpaired) electrons. The van der Waals surface area contributed by atoms with Crippen molar-refractivity contribution in [3.8, 4) is 5.75 Å². The number of ether oxygens (including phenoxy) is 2. The standard InChI is InChI=1S/C18H26ClN3O4.ClH/c1-25-9-3-6-21-17(23)12-4-7-22(8-5-12)18(24)13-10-14(19)15(20)11-16(13)26-2;/h10-12H,3-9,20H2,1-2H3,(H,21,23);1H. The number of carbonyl (C=O) groups is 2. The molecule has 1 aromatic rings. The van der Waals surface area contributed by atoms with Gasteiger partial charge in [0.2, 0.25) is 5.91 Å². The van der Waals surface area contributed by atoms with Crippen LogP contribution < -0.4 is 15.8 Å². The van der Waals surface area contributed by atoms with Crippen molar-refractivity contribution in [2.45, 2.75) is 19.3 Å². The van der Waals surface area contributed by atoms with E-state index in [-0.39, 0.29) is 30.1 Å². The highest BCUT2D eigenvalue weighted by atomic mass is 35.5. The molecule has 0 unspecified atom stereocenters. The van der Waals surface area contributed by atoms with Gasteiger partial charge in [0.15, 0.2) is 0 Å². The second kappa shape index (κ2) is 11.2. The highest BCUT2D eigenvalue weighted by molar-refractivity contribution is 6.33. The van der Waals surface area contributed by atoms with Crippen LogP contribution in [-0.4, -0.2) is 57.2 Å². The summed E-state index contributed by atoms with van der Waals surface area (Å²) in [5, 5.41) is 3.24. The van der Waals surface area contributed by atoms with Crippen LogP contribution in [0, 0.1) is 5.92 Å². The van der Waals surface area contributed by atoms with Gasteiger partial charge in [0.05, 0.1) is 23.4 Å². The van der Waals surface area contributed by atoms with Gasteiger partial charge in [-0.2, -0.15) is 0 Å². The van der Waals surface area contributed by atoms with Gasteiger partial charge in [-0.1, -0.05) is 11.6 Å². The molecule has 0 spiro atoms. The molecular weight excluding hydrogens is 393 g/mol. The highest BCUT2D eigenvalue weighted by Crippen LogP contribution is 2.30. The van der Waals surface area contributed by atoms with Crippen molar-refractivity contribution in [1.82, 2.24) is 10.2 Å². The Kier molecular flexibility index (Phi) is 9.69. The minimum absolute atomic E-state index is 0. The van der Waals surface area contributed by atoms with E-state index in [9.17, 15) is 9.59 Å². The van der Waals surface area contributed by atoms with Crippen molar-refractivity contribution in [2.75, 3.05) is 46.2 Å². The van der Waals surface area contributed by atoms with E-state index in [2.05, 4.69) is 5.32 Å². The predicted molar refractivity (Wildman–Crippen MR) is 108 cm³/mol. The lowest BCUT2D eigenvalue weighted by Crippen LogP contribution is -2.43. The molecule has 2 amide bonds. The summed E-state index contributed by atoms with van der Waals surface area (Å²) in [4.78, 5) is 26.7. The zero-order valence-electron chi connectivity index (χ0n) is 15.6. The number of piperidine rings is 1. The molecule has 1 aromatic carbocycles. The van der Waals surface area contributed by atoms with Crippen LogP contribution in [0.25, 0.3) is 0 Å². The van der Waals surface area contributed by atoms with E-state index in [0.29, 0.717) is 61.1 Å². The number of nitrogens with zero attached hydrogens (tertiary/aromatic N) is 1. The van der Waals surface area contributed by atoms with E-state index in [4.69, 9.17) is 26.8 Å². The van der Waals surface area contributed by atoms with Gasteiger partial charge < -0.3 is 25.4 Å². The van der Waals surface area contributed by atoms with Gasteiger partial charge in [0.25, 0.3) is 5.91 Å². The van der Waals surface area contributed by atoms with Crippen LogP contribution in [0.4, 0.5) is 5.69 Å². The number of nitrogens with two attached hydrogens (primary N) is 1. The number of hydrogen-bond acceptors (Lipinski definition) is 5. The maximum absolute atomic E-state index is 12.8. The van der Waals surface area contributed by atoms with E-state index < -0.39 is 0 Å². The summed E-state index contributed by atoms with van der Waals surface area (Å²) in [6.07, 6.45) is 2.05. The summed E-state index contributed by atoms with van der Waals surface area (Å²) < 4.78 is 10.2. The average molecular weight is 420 g/mol. The number of nitrogen functional groups attached to an aromatic ring is 1. The number of benzene rings is 1. The van der Waals surface area contributed by atoms with Gasteiger partial charge in [-0.3, -0.25) is 9.59 Å². The Balaban J connectivity index is 0.00000364. The molecule has 7 nitrogen and oxygen atoms in total. The van der Waals surface area contributed by atoms with Gasteiger partial charge in [0, 0.05) is 45.3 Å². The number of amides is 2. The average Bonchev–Trinajstić information content (AvgIpc) is 2.66. The van der Waals surface area contributed by atoms with Crippen molar-refractivity contribution in [1.29, 1.82) is 0 Å². The molecule has 1 saturated heterocycles. The number of halogens is 2. The Morgan fingerprint density at radius 2 is 1.96 bits per heavy atom. The SMILES string of the molecule is COCCCNC(=O)C1CCN(C(=O)c2cc(Cl)c(N)cc2OC)CC1.Cl. The number of carbonyl (C=O) groups excluding carboxylic acids is 2. The maximum atomic E-state index is 12.8. The molecule has 3 N–H and O–H groups in total. The molecule has 0 atom stereocenters. The molecule has 1 aliphatic heterocycles. The molecular formula is C18H27Cl2N3O4. The Bertz CT molecular complexity index is 650. The summed E-state index contributed by atoms with van der Waals surface area (Å²) in [7, 11) is 3.12. The summed E-state index contributed by atoms with van der Waals surface area (Å²) in [6, 6.07) is 3.09. The summed E-state index contributed by atoms with van der Waals surface area (Å²) in [6.45, 7) is 2.26. The summed E-state index contributed by atoms with van der Waals surface area (Å²) in [5.74, 6) is 0.206. The third kappa shape index (κ3) is 6.16. The quantitative estimate of drug-likeness (QED) is 0.522. The minimum Gasteiger partial charge on any atom is -0.496 e. The molecule has 152 valence electrons. The second-order valence-electron chi connectivity index (χ2n) is 6.28. The topological polar surface area (TPSA) is 93.9 Å². The smallest absolute Gasteiger partial charge is 0.257 e. The monoisotopic (exact) mass is 419 g/mol. The van der Waals surface area contributed by atoms with Crippen LogP contribution in [-0.2, 0) is 9.53 Å².